The molecule has 19 heavy (non-hydrogen) atoms. The molecule has 0 aromatic heterocycles. The summed E-state index contributed by atoms with van der Waals surface area (Å²) in [5.41, 5.74) is 0.704. The second-order valence-electron chi connectivity index (χ2n) is 5.31. The third-order valence-electron chi connectivity index (χ3n) is 4.37. The predicted octanol–water partition coefficient (Wildman–Crippen LogP) is 3.46. The maximum absolute atomic E-state index is 12.2. The van der Waals surface area contributed by atoms with Gasteiger partial charge in [0, 0.05) is 5.92 Å². The number of hydrogen-bond donors (Lipinski definition) is 0. The third kappa shape index (κ3) is 1.92. The third-order valence-corrected chi connectivity index (χ3v) is 4.37. The van der Waals surface area contributed by atoms with Crippen LogP contribution < -0.4 is 0 Å². The zero-order valence-corrected chi connectivity index (χ0v) is 11.1. The van der Waals surface area contributed by atoms with Crippen LogP contribution in [-0.2, 0) is 9.53 Å². The summed E-state index contributed by atoms with van der Waals surface area (Å²) >= 11 is 0. The first-order chi connectivity index (χ1) is 9.29. The second-order valence-corrected chi connectivity index (χ2v) is 5.31. The fourth-order valence-electron chi connectivity index (χ4n) is 3.31. The minimum absolute atomic E-state index is 0.0961. The maximum Gasteiger partial charge on any atom is 0.316 e. The van der Waals surface area contributed by atoms with E-state index in [1.54, 1.807) is 0 Å². The van der Waals surface area contributed by atoms with Crippen molar-refractivity contribution >= 4 is 12.0 Å². The Labute approximate surface area is 113 Å². The van der Waals surface area contributed by atoms with Crippen molar-refractivity contribution in [3.8, 4) is 0 Å². The van der Waals surface area contributed by atoms with Crippen LogP contribution >= 0.6 is 0 Å². The Morgan fingerprint density at radius 3 is 2.79 bits per heavy atom. The molecule has 1 saturated carbocycles. The lowest BCUT2D eigenvalue weighted by atomic mass is 9.99. The quantitative estimate of drug-likeness (QED) is 0.610. The molecule has 0 aliphatic heterocycles. The summed E-state index contributed by atoms with van der Waals surface area (Å²) in [5, 5.41) is 0. The van der Waals surface area contributed by atoms with E-state index in [0.717, 1.165) is 18.4 Å². The number of fused-ring (bicyclic) bond motifs is 1. The molecule has 1 aromatic rings. The minimum atomic E-state index is -0.419. The Balaban J connectivity index is 1.88. The molecule has 0 amide bonds. The molecule has 0 N–H and O–H groups in total. The van der Waals surface area contributed by atoms with Gasteiger partial charge in [-0.3, -0.25) is 4.79 Å². The summed E-state index contributed by atoms with van der Waals surface area (Å²) in [6.07, 6.45) is 10.6. The molecule has 1 fully saturated rings. The van der Waals surface area contributed by atoms with Crippen molar-refractivity contribution in [3.05, 3.63) is 54.1 Å². The fourth-order valence-corrected chi connectivity index (χ4v) is 3.31. The van der Waals surface area contributed by atoms with E-state index in [1.807, 2.05) is 36.4 Å². The van der Waals surface area contributed by atoms with Gasteiger partial charge in [0.15, 0.2) is 0 Å². The first-order valence-electron chi connectivity index (χ1n) is 6.78. The summed E-state index contributed by atoms with van der Waals surface area (Å²) < 4.78 is 5.03. The van der Waals surface area contributed by atoms with Crippen LogP contribution in [0.5, 0.6) is 0 Å². The standard InChI is InChI=1S/C17H18O2/c1-19-16(18)17(14-9-5-6-10-15(14)17)12-11-13-7-3-2-4-8-13/h2-5,7-9,11-12,14-15H,6,10H2,1H3/b12-11+/t14-,15+,17+/m0/s1. The van der Waals surface area contributed by atoms with Crippen LogP contribution in [0.1, 0.15) is 18.4 Å². The number of carbonyl (C=O) groups excluding carboxylic acids is 1. The highest BCUT2D eigenvalue weighted by Crippen LogP contribution is 2.65. The van der Waals surface area contributed by atoms with Crippen molar-refractivity contribution in [3.63, 3.8) is 0 Å². The summed E-state index contributed by atoms with van der Waals surface area (Å²) in [5.74, 6) is 0.653. The van der Waals surface area contributed by atoms with E-state index in [1.165, 1.54) is 7.11 Å². The van der Waals surface area contributed by atoms with E-state index < -0.39 is 5.41 Å². The van der Waals surface area contributed by atoms with Crippen molar-refractivity contribution in [2.75, 3.05) is 7.11 Å². The molecule has 98 valence electrons. The van der Waals surface area contributed by atoms with E-state index >= 15 is 0 Å². The summed E-state index contributed by atoms with van der Waals surface area (Å²) in [7, 11) is 1.48. The number of allylic oxidation sites excluding steroid dienone is 2. The summed E-state index contributed by atoms with van der Waals surface area (Å²) in [6.45, 7) is 0. The lowest BCUT2D eigenvalue weighted by Crippen LogP contribution is -2.18. The lowest BCUT2D eigenvalue weighted by Gasteiger charge is -2.10. The van der Waals surface area contributed by atoms with Gasteiger partial charge in [-0.15, -0.1) is 0 Å². The van der Waals surface area contributed by atoms with Gasteiger partial charge in [-0.1, -0.05) is 54.6 Å². The number of carbonyl (C=O) groups is 1. The Morgan fingerprint density at radius 2 is 2.16 bits per heavy atom. The number of hydrogen-bond acceptors (Lipinski definition) is 2. The van der Waals surface area contributed by atoms with Crippen molar-refractivity contribution < 1.29 is 9.53 Å². The molecule has 0 bridgehead atoms. The monoisotopic (exact) mass is 254 g/mol. The van der Waals surface area contributed by atoms with E-state index in [9.17, 15) is 4.79 Å². The number of methoxy groups -OCH3 is 1. The van der Waals surface area contributed by atoms with Crippen LogP contribution in [0.25, 0.3) is 6.08 Å². The van der Waals surface area contributed by atoms with Crippen LogP contribution in [0.4, 0.5) is 0 Å². The Morgan fingerprint density at radius 1 is 1.37 bits per heavy atom. The number of esters is 1. The number of benzene rings is 1. The van der Waals surface area contributed by atoms with E-state index in [2.05, 4.69) is 18.2 Å². The highest BCUT2D eigenvalue weighted by molar-refractivity contribution is 5.86. The molecule has 3 rings (SSSR count). The molecule has 0 unspecified atom stereocenters. The molecule has 2 heteroatoms. The summed E-state index contributed by atoms with van der Waals surface area (Å²) in [6, 6.07) is 10.1. The molecule has 1 aromatic carbocycles. The number of ether oxygens (including phenoxy) is 1. The maximum atomic E-state index is 12.2. The number of rotatable bonds is 3. The highest BCUT2D eigenvalue weighted by Gasteiger charge is 2.67. The van der Waals surface area contributed by atoms with Crippen LogP contribution in [0, 0.1) is 17.3 Å². The van der Waals surface area contributed by atoms with Gasteiger partial charge in [-0.25, -0.2) is 0 Å². The van der Waals surface area contributed by atoms with Gasteiger partial charge in [-0.2, -0.15) is 0 Å². The minimum Gasteiger partial charge on any atom is -0.468 e. The van der Waals surface area contributed by atoms with Gasteiger partial charge in [0.25, 0.3) is 0 Å². The van der Waals surface area contributed by atoms with Crippen LogP contribution in [0.3, 0.4) is 0 Å². The predicted molar refractivity (Wildman–Crippen MR) is 75.3 cm³/mol. The van der Waals surface area contributed by atoms with Crippen LogP contribution in [-0.4, -0.2) is 13.1 Å². The molecule has 2 aliphatic rings. The normalized spacial score (nSPS) is 32.1. The van der Waals surface area contributed by atoms with Gasteiger partial charge in [0.1, 0.15) is 0 Å². The molecule has 3 atom stereocenters. The summed E-state index contributed by atoms with van der Waals surface area (Å²) in [4.78, 5) is 12.2. The molecule has 0 radical (unpaired) electrons. The van der Waals surface area contributed by atoms with Crippen molar-refractivity contribution in [1.29, 1.82) is 0 Å². The first kappa shape index (κ1) is 12.2. The largest absolute Gasteiger partial charge is 0.468 e. The molecule has 0 saturated heterocycles. The smallest absolute Gasteiger partial charge is 0.316 e. The molecular formula is C17H18O2. The topological polar surface area (TPSA) is 26.3 Å². The molecule has 2 nitrogen and oxygen atoms in total. The zero-order valence-electron chi connectivity index (χ0n) is 11.1. The van der Waals surface area contributed by atoms with E-state index in [0.29, 0.717) is 11.8 Å². The molecule has 0 heterocycles. The van der Waals surface area contributed by atoms with Gasteiger partial charge in [0.05, 0.1) is 12.5 Å². The Hall–Kier alpha value is -1.83. The first-order valence-corrected chi connectivity index (χ1v) is 6.78. The highest BCUT2D eigenvalue weighted by atomic mass is 16.5. The Bertz CT molecular complexity index is 529. The van der Waals surface area contributed by atoms with Gasteiger partial charge in [-0.05, 0) is 24.3 Å². The SMILES string of the molecule is COC(=O)[C@@]1(/C=C/c2ccccc2)[C@@H]2CCC=C[C@@H]21. The fraction of sp³-hybridized carbons (Fsp3) is 0.353. The van der Waals surface area contributed by atoms with Crippen LogP contribution in [0.2, 0.25) is 0 Å². The van der Waals surface area contributed by atoms with Crippen molar-refractivity contribution in [2.45, 2.75) is 12.8 Å². The van der Waals surface area contributed by atoms with Crippen molar-refractivity contribution in [2.24, 2.45) is 17.3 Å². The molecule has 2 aliphatic carbocycles. The van der Waals surface area contributed by atoms with E-state index in [-0.39, 0.29) is 5.97 Å². The molecular weight excluding hydrogens is 236 g/mol. The molecule has 0 spiro atoms. The van der Waals surface area contributed by atoms with E-state index in [4.69, 9.17) is 4.74 Å². The lowest BCUT2D eigenvalue weighted by molar-refractivity contribution is -0.145. The second kappa shape index (κ2) is 4.69. The van der Waals surface area contributed by atoms with Crippen molar-refractivity contribution in [1.82, 2.24) is 0 Å². The van der Waals surface area contributed by atoms with Crippen LogP contribution in [0.15, 0.2) is 48.6 Å². The Kier molecular flexibility index (Phi) is 3.02. The zero-order chi connectivity index (χ0) is 13.3. The van der Waals surface area contributed by atoms with Gasteiger partial charge in [0.2, 0.25) is 0 Å². The average Bonchev–Trinajstić information content (AvgIpc) is 3.15. The van der Waals surface area contributed by atoms with Gasteiger partial charge >= 0.3 is 5.97 Å². The average molecular weight is 254 g/mol. The van der Waals surface area contributed by atoms with Gasteiger partial charge < -0.3 is 4.74 Å².